The Hall–Kier alpha value is -2.14. The smallest absolute Gasteiger partial charge is 0.254 e. The van der Waals surface area contributed by atoms with Crippen LogP contribution in [0.3, 0.4) is 0 Å². The van der Waals surface area contributed by atoms with Crippen LogP contribution >= 0.6 is 0 Å². The zero-order valence-corrected chi connectivity index (χ0v) is 15.0. The lowest BCUT2D eigenvalue weighted by Gasteiger charge is -2.30. The Bertz CT molecular complexity index is 806. The molecule has 2 aromatic rings. The summed E-state index contributed by atoms with van der Waals surface area (Å²) in [4.78, 5) is 27.3. The monoisotopic (exact) mass is 342 g/mol. The molecule has 1 fully saturated rings. The minimum absolute atomic E-state index is 0.0788. The molecule has 1 saturated heterocycles. The molecule has 134 valence electrons. The lowest BCUT2D eigenvalue weighted by molar-refractivity contribution is -0.00380. The van der Waals surface area contributed by atoms with Crippen LogP contribution in [0.25, 0.3) is 10.9 Å². The zero-order valence-electron chi connectivity index (χ0n) is 15.0. The van der Waals surface area contributed by atoms with Gasteiger partial charge in [-0.05, 0) is 31.7 Å². The second-order valence-corrected chi connectivity index (χ2v) is 6.71. The Morgan fingerprint density at radius 1 is 1.32 bits per heavy atom. The first-order valence-electron chi connectivity index (χ1n) is 9.11. The van der Waals surface area contributed by atoms with Gasteiger partial charge < -0.3 is 14.2 Å². The predicted octanol–water partition coefficient (Wildman–Crippen LogP) is 2.96. The Morgan fingerprint density at radius 2 is 2.12 bits per heavy atom. The fourth-order valence-electron chi connectivity index (χ4n) is 3.50. The molecule has 1 unspecified atom stereocenters. The molecule has 0 bridgehead atoms. The number of aromatic nitrogens is 1. The maximum absolute atomic E-state index is 13.2. The van der Waals surface area contributed by atoms with E-state index in [0.717, 1.165) is 43.2 Å². The van der Waals surface area contributed by atoms with Crippen LogP contribution in [0.5, 0.6) is 0 Å². The van der Waals surface area contributed by atoms with Gasteiger partial charge in [0.2, 0.25) is 0 Å². The topological polar surface area (TPSA) is 51.5 Å². The molecule has 0 N–H and O–H groups in total. The van der Waals surface area contributed by atoms with Gasteiger partial charge in [-0.1, -0.05) is 25.1 Å². The fraction of sp³-hybridized carbons (Fsp3) is 0.500. The summed E-state index contributed by atoms with van der Waals surface area (Å²) in [6.45, 7) is 4.09. The first kappa shape index (κ1) is 17.7. The number of hydrogen-bond acceptors (Lipinski definition) is 3. The summed E-state index contributed by atoms with van der Waals surface area (Å²) in [6, 6.07) is 9.04. The van der Waals surface area contributed by atoms with Gasteiger partial charge in [-0.3, -0.25) is 9.59 Å². The van der Waals surface area contributed by atoms with Crippen molar-refractivity contribution in [2.45, 2.75) is 38.7 Å². The van der Waals surface area contributed by atoms with Gasteiger partial charge in [-0.15, -0.1) is 0 Å². The van der Waals surface area contributed by atoms with E-state index >= 15 is 0 Å². The van der Waals surface area contributed by atoms with E-state index in [4.69, 9.17) is 4.74 Å². The highest BCUT2D eigenvalue weighted by Crippen LogP contribution is 2.20. The summed E-state index contributed by atoms with van der Waals surface area (Å²) in [5.41, 5.74) is 1.11. The SMILES string of the molecule is CCCN(CC1CCCCO1)C(=O)c1cc(=O)n(C)c2ccccc12. The Kier molecular flexibility index (Phi) is 5.53. The molecule has 3 rings (SSSR count). The molecule has 0 aliphatic carbocycles. The van der Waals surface area contributed by atoms with Crippen molar-refractivity contribution in [3.63, 3.8) is 0 Å². The van der Waals surface area contributed by atoms with Gasteiger partial charge in [0.1, 0.15) is 0 Å². The first-order chi connectivity index (χ1) is 12.1. The number of pyridine rings is 1. The molecule has 1 amide bonds. The summed E-state index contributed by atoms with van der Waals surface area (Å²) in [5, 5.41) is 0.820. The summed E-state index contributed by atoms with van der Waals surface area (Å²) < 4.78 is 7.40. The van der Waals surface area contributed by atoms with Crippen molar-refractivity contribution in [2.24, 2.45) is 7.05 Å². The van der Waals surface area contributed by atoms with Crippen LogP contribution < -0.4 is 5.56 Å². The number of aryl methyl sites for hydroxylation is 1. The number of hydrogen-bond donors (Lipinski definition) is 0. The van der Waals surface area contributed by atoms with E-state index in [-0.39, 0.29) is 17.6 Å². The standard InChI is InChI=1S/C20H26N2O3/c1-3-11-22(14-15-8-6-7-12-25-15)20(24)17-13-19(23)21(2)18-10-5-4-9-16(17)18/h4-5,9-10,13,15H,3,6-8,11-12,14H2,1-2H3. The van der Waals surface area contributed by atoms with Crippen molar-refractivity contribution in [1.82, 2.24) is 9.47 Å². The number of benzene rings is 1. The minimum atomic E-state index is -0.160. The average molecular weight is 342 g/mol. The van der Waals surface area contributed by atoms with E-state index in [1.165, 1.54) is 6.07 Å². The molecule has 2 heterocycles. The Labute approximate surface area is 148 Å². The van der Waals surface area contributed by atoms with E-state index in [2.05, 4.69) is 6.92 Å². The normalized spacial score (nSPS) is 17.6. The van der Waals surface area contributed by atoms with E-state index in [9.17, 15) is 9.59 Å². The molecule has 5 heteroatoms. The second-order valence-electron chi connectivity index (χ2n) is 6.71. The molecule has 5 nitrogen and oxygen atoms in total. The Morgan fingerprint density at radius 3 is 2.84 bits per heavy atom. The van der Waals surface area contributed by atoms with Crippen LogP contribution in [0.4, 0.5) is 0 Å². The van der Waals surface area contributed by atoms with Gasteiger partial charge in [0.05, 0.1) is 17.2 Å². The predicted molar refractivity (Wildman–Crippen MR) is 99.0 cm³/mol. The molecule has 0 radical (unpaired) electrons. The summed E-state index contributed by atoms with van der Waals surface area (Å²) in [7, 11) is 1.73. The van der Waals surface area contributed by atoms with Crippen molar-refractivity contribution < 1.29 is 9.53 Å². The highest BCUT2D eigenvalue weighted by Gasteiger charge is 2.24. The van der Waals surface area contributed by atoms with Gasteiger partial charge in [-0.25, -0.2) is 0 Å². The summed E-state index contributed by atoms with van der Waals surface area (Å²) in [5.74, 6) is -0.0788. The zero-order chi connectivity index (χ0) is 17.8. The van der Waals surface area contributed by atoms with Crippen LogP contribution in [-0.2, 0) is 11.8 Å². The number of carbonyl (C=O) groups is 1. The molecule has 1 aliphatic rings. The average Bonchev–Trinajstić information content (AvgIpc) is 2.65. The number of nitrogens with zero attached hydrogens (tertiary/aromatic N) is 2. The van der Waals surface area contributed by atoms with E-state index in [1.54, 1.807) is 11.6 Å². The molecule has 1 atom stereocenters. The van der Waals surface area contributed by atoms with Gasteiger partial charge in [0, 0.05) is 38.2 Å². The fourth-order valence-corrected chi connectivity index (χ4v) is 3.50. The quantitative estimate of drug-likeness (QED) is 0.839. The number of fused-ring (bicyclic) bond motifs is 1. The molecule has 0 spiro atoms. The van der Waals surface area contributed by atoms with Crippen LogP contribution in [0.1, 0.15) is 43.0 Å². The van der Waals surface area contributed by atoms with Crippen LogP contribution in [0, 0.1) is 0 Å². The van der Waals surface area contributed by atoms with Gasteiger partial charge >= 0.3 is 0 Å². The molecule has 1 aromatic carbocycles. The first-order valence-corrected chi connectivity index (χ1v) is 9.11. The maximum Gasteiger partial charge on any atom is 0.254 e. The molecule has 1 aromatic heterocycles. The van der Waals surface area contributed by atoms with Crippen molar-refractivity contribution >= 4 is 16.8 Å². The third-order valence-electron chi connectivity index (χ3n) is 4.86. The number of amides is 1. The van der Waals surface area contributed by atoms with E-state index in [1.807, 2.05) is 29.2 Å². The van der Waals surface area contributed by atoms with Crippen molar-refractivity contribution in [1.29, 1.82) is 0 Å². The van der Waals surface area contributed by atoms with E-state index < -0.39 is 0 Å². The Balaban J connectivity index is 1.95. The molecule has 0 saturated carbocycles. The molecular weight excluding hydrogens is 316 g/mol. The van der Waals surface area contributed by atoms with Crippen LogP contribution in [-0.4, -0.2) is 41.2 Å². The van der Waals surface area contributed by atoms with Gasteiger partial charge in [0.25, 0.3) is 11.5 Å². The molecular formula is C20H26N2O3. The third-order valence-corrected chi connectivity index (χ3v) is 4.86. The third kappa shape index (κ3) is 3.76. The van der Waals surface area contributed by atoms with Gasteiger partial charge in [-0.2, -0.15) is 0 Å². The summed E-state index contributed by atoms with van der Waals surface area (Å²) >= 11 is 0. The van der Waals surface area contributed by atoms with Gasteiger partial charge in [0.15, 0.2) is 0 Å². The van der Waals surface area contributed by atoms with Crippen molar-refractivity contribution in [2.75, 3.05) is 19.7 Å². The number of carbonyl (C=O) groups excluding carboxylic acids is 1. The van der Waals surface area contributed by atoms with E-state index in [0.29, 0.717) is 18.7 Å². The van der Waals surface area contributed by atoms with Crippen molar-refractivity contribution in [3.8, 4) is 0 Å². The van der Waals surface area contributed by atoms with Crippen molar-refractivity contribution in [3.05, 3.63) is 46.2 Å². The number of para-hydroxylation sites is 1. The lowest BCUT2D eigenvalue weighted by atomic mass is 10.1. The summed E-state index contributed by atoms with van der Waals surface area (Å²) in [6.07, 6.45) is 4.21. The maximum atomic E-state index is 13.2. The number of ether oxygens (including phenoxy) is 1. The highest BCUT2D eigenvalue weighted by atomic mass is 16.5. The molecule has 25 heavy (non-hydrogen) atoms. The van der Waals surface area contributed by atoms with Crippen LogP contribution in [0.15, 0.2) is 35.1 Å². The lowest BCUT2D eigenvalue weighted by Crippen LogP contribution is -2.40. The largest absolute Gasteiger partial charge is 0.376 e. The molecule has 1 aliphatic heterocycles. The minimum Gasteiger partial charge on any atom is -0.376 e. The second kappa shape index (κ2) is 7.83. The number of rotatable bonds is 5. The van der Waals surface area contributed by atoms with Crippen LogP contribution in [0.2, 0.25) is 0 Å². The highest BCUT2D eigenvalue weighted by molar-refractivity contribution is 6.06.